The third-order valence-electron chi connectivity index (χ3n) is 4.66. The quantitative estimate of drug-likeness (QED) is 0.712. The number of ether oxygens (including phenoxy) is 2. The maximum absolute atomic E-state index is 11.7. The van der Waals surface area contributed by atoms with Crippen molar-refractivity contribution in [1.29, 1.82) is 0 Å². The largest absolute Gasteiger partial charge is 0.469 e. The van der Waals surface area contributed by atoms with E-state index in [-0.39, 0.29) is 28.7 Å². The predicted octanol–water partition coefficient (Wildman–Crippen LogP) is 2.17. The number of methoxy groups -OCH3 is 2. The third kappa shape index (κ3) is 2.31. The lowest BCUT2D eigenvalue weighted by Crippen LogP contribution is -2.39. The van der Waals surface area contributed by atoms with Gasteiger partial charge in [0.15, 0.2) is 0 Å². The van der Waals surface area contributed by atoms with E-state index in [0.29, 0.717) is 6.42 Å². The molecule has 0 aliphatic heterocycles. The Bertz CT molecular complexity index is 319. The van der Waals surface area contributed by atoms with Gasteiger partial charge in [-0.3, -0.25) is 9.59 Å². The SMILES string of the molecule is COC(=O)C[C@]1(C)CC[C@@H](C(=O)OC)C1(C)C. The van der Waals surface area contributed by atoms with Crippen LogP contribution in [0.3, 0.4) is 0 Å². The van der Waals surface area contributed by atoms with E-state index in [2.05, 4.69) is 0 Å². The van der Waals surface area contributed by atoms with Crippen molar-refractivity contribution in [3.05, 3.63) is 0 Å². The molecule has 1 rings (SSSR count). The van der Waals surface area contributed by atoms with Gasteiger partial charge in [-0.05, 0) is 23.7 Å². The van der Waals surface area contributed by atoms with Crippen molar-refractivity contribution in [3.63, 3.8) is 0 Å². The molecule has 0 radical (unpaired) electrons. The maximum atomic E-state index is 11.7. The molecule has 4 heteroatoms. The van der Waals surface area contributed by atoms with Crippen LogP contribution in [0, 0.1) is 16.7 Å². The summed E-state index contributed by atoms with van der Waals surface area (Å²) in [5.74, 6) is -0.531. The van der Waals surface area contributed by atoms with E-state index < -0.39 is 0 Å². The number of rotatable bonds is 3. The normalized spacial score (nSPS) is 31.0. The van der Waals surface area contributed by atoms with Crippen molar-refractivity contribution >= 4 is 11.9 Å². The third-order valence-corrected chi connectivity index (χ3v) is 4.66. The van der Waals surface area contributed by atoms with Crippen molar-refractivity contribution in [1.82, 2.24) is 0 Å². The lowest BCUT2D eigenvalue weighted by molar-refractivity contribution is -0.153. The number of carbonyl (C=O) groups is 2. The fourth-order valence-electron chi connectivity index (χ4n) is 2.83. The highest BCUT2D eigenvalue weighted by Crippen LogP contribution is 2.58. The van der Waals surface area contributed by atoms with Crippen LogP contribution in [-0.2, 0) is 19.1 Å². The first-order valence-electron chi connectivity index (χ1n) is 5.93. The second-order valence-electron chi connectivity index (χ2n) is 5.65. The Balaban J connectivity index is 2.91. The lowest BCUT2D eigenvalue weighted by atomic mass is 9.64. The van der Waals surface area contributed by atoms with Crippen LogP contribution in [0.5, 0.6) is 0 Å². The summed E-state index contributed by atoms with van der Waals surface area (Å²) in [5, 5.41) is 0. The van der Waals surface area contributed by atoms with Crippen LogP contribution in [0.25, 0.3) is 0 Å². The van der Waals surface area contributed by atoms with Crippen molar-refractivity contribution < 1.29 is 19.1 Å². The topological polar surface area (TPSA) is 52.6 Å². The first-order chi connectivity index (χ1) is 7.78. The van der Waals surface area contributed by atoms with Gasteiger partial charge < -0.3 is 9.47 Å². The summed E-state index contributed by atoms with van der Waals surface area (Å²) in [6, 6.07) is 0. The molecule has 17 heavy (non-hydrogen) atoms. The summed E-state index contributed by atoms with van der Waals surface area (Å²) in [5.41, 5.74) is -0.465. The van der Waals surface area contributed by atoms with Gasteiger partial charge >= 0.3 is 11.9 Å². The first-order valence-corrected chi connectivity index (χ1v) is 5.93. The van der Waals surface area contributed by atoms with Crippen LogP contribution in [0.2, 0.25) is 0 Å². The van der Waals surface area contributed by atoms with E-state index in [9.17, 15) is 9.59 Å². The molecule has 0 spiro atoms. The van der Waals surface area contributed by atoms with Crippen LogP contribution in [0.1, 0.15) is 40.0 Å². The second kappa shape index (κ2) is 4.67. The Labute approximate surface area is 103 Å². The molecule has 1 aliphatic rings. The second-order valence-corrected chi connectivity index (χ2v) is 5.65. The zero-order valence-corrected chi connectivity index (χ0v) is 11.3. The van der Waals surface area contributed by atoms with Gasteiger partial charge in [0.25, 0.3) is 0 Å². The van der Waals surface area contributed by atoms with Crippen molar-refractivity contribution in [3.8, 4) is 0 Å². The number of hydrogen-bond donors (Lipinski definition) is 0. The Morgan fingerprint density at radius 2 is 1.76 bits per heavy atom. The van der Waals surface area contributed by atoms with E-state index in [1.54, 1.807) is 0 Å². The van der Waals surface area contributed by atoms with Crippen LogP contribution in [0.15, 0.2) is 0 Å². The Kier molecular flexibility index (Phi) is 3.84. The van der Waals surface area contributed by atoms with Crippen LogP contribution >= 0.6 is 0 Å². The Morgan fingerprint density at radius 3 is 2.24 bits per heavy atom. The summed E-state index contributed by atoms with van der Waals surface area (Å²) in [6.07, 6.45) is 1.96. The molecule has 0 N–H and O–H groups in total. The van der Waals surface area contributed by atoms with Crippen LogP contribution < -0.4 is 0 Å². The smallest absolute Gasteiger partial charge is 0.309 e. The molecule has 4 nitrogen and oxygen atoms in total. The summed E-state index contributed by atoms with van der Waals surface area (Å²) < 4.78 is 9.58. The van der Waals surface area contributed by atoms with Gasteiger partial charge in [0, 0.05) is 0 Å². The van der Waals surface area contributed by atoms with Gasteiger partial charge in [0.2, 0.25) is 0 Å². The van der Waals surface area contributed by atoms with Gasteiger partial charge in [0.1, 0.15) is 0 Å². The van der Waals surface area contributed by atoms with Gasteiger partial charge in [-0.2, -0.15) is 0 Å². The molecule has 0 unspecified atom stereocenters. The lowest BCUT2D eigenvalue weighted by Gasteiger charge is -2.40. The molecule has 1 fully saturated rings. The first kappa shape index (κ1) is 14.0. The molecule has 0 aromatic rings. The molecule has 0 heterocycles. The highest BCUT2D eigenvalue weighted by molar-refractivity contribution is 5.75. The standard InChI is InChI=1S/C13H22O4/c1-12(2)9(11(15)17-5)6-7-13(12,3)8-10(14)16-4/h9H,6-8H2,1-5H3/t9-,13-/m0/s1. The average Bonchev–Trinajstić information content (AvgIpc) is 2.49. The minimum Gasteiger partial charge on any atom is -0.469 e. The van der Waals surface area contributed by atoms with E-state index in [1.807, 2.05) is 20.8 Å². The van der Waals surface area contributed by atoms with Crippen molar-refractivity contribution in [2.45, 2.75) is 40.0 Å². The summed E-state index contributed by atoms with van der Waals surface area (Å²) in [6.45, 7) is 6.11. The molecule has 0 aromatic heterocycles. The average molecular weight is 242 g/mol. The summed E-state index contributed by atoms with van der Waals surface area (Å²) in [7, 11) is 2.81. The van der Waals surface area contributed by atoms with E-state index in [1.165, 1.54) is 14.2 Å². The molecule has 98 valence electrons. The molecule has 0 amide bonds. The highest BCUT2D eigenvalue weighted by Gasteiger charge is 2.55. The number of carbonyl (C=O) groups excluding carboxylic acids is 2. The summed E-state index contributed by atoms with van der Waals surface area (Å²) in [4.78, 5) is 23.2. The van der Waals surface area contributed by atoms with E-state index in [0.717, 1.165) is 12.8 Å². The molecule has 0 bridgehead atoms. The monoisotopic (exact) mass is 242 g/mol. The van der Waals surface area contributed by atoms with Crippen molar-refractivity contribution in [2.75, 3.05) is 14.2 Å². The maximum Gasteiger partial charge on any atom is 0.309 e. The fraction of sp³-hybridized carbons (Fsp3) is 0.846. The highest BCUT2D eigenvalue weighted by atomic mass is 16.5. The molecule has 2 atom stereocenters. The molecular formula is C13H22O4. The van der Waals surface area contributed by atoms with Crippen LogP contribution in [-0.4, -0.2) is 26.2 Å². The Morgan fingerprint density at radius 1 is 1.18 bits per heavy atom. The van der Waals surface area contributed by atoms with E-state index >= 15 is 0 Å². The van der Waals surface area contributed by atoms with E-state index in [4.69, 9.17) is 9.47 Å². The molecule has 1 saturated carbocycles. The minimum absolute atomic E-state index is 0.137. The zero-order chi connectivity index (χ0) is 13.3. The predicted molar refractivity (Wildman–Crippen MR) is 63.3 cm³/mol. The fourth-order valence-corrected chi connectivity index (χ4v) is 2.83. The number of hydrogen-bond acceptors (Lipinski definition) is 4. The number of esters is 2. The van der Waals surface area contributed by atoms with Gasteiger partial charge in [-0.15, -0.1) is 0 Å². The molecule has 0 saturated heterocycles. The zero-order valence-electron chi connectivity index (χ0n) is 11.3. The van der Waals surface area contributed by atoms with Gasteiger partial charge in [-0.25, -0.2) is 0 Å². The van der Waals surface area contributed by atoms with Gasteiger partial charge in [-0.1, -0.05) is 20.8 Å². The Hall–Kier alpha value is -1.06. The molecule has 0 aromatic carbocycles. The molecular weight excluding hydrogens is 220 g/mol. The molecule has 1 aliphatic carbocycles. The summed E-state index contributed by atoms with van der Waals surface area (Å²) >= 11 is 0. The van der Waals surface area contributed by atoms with Crippen LogP contribution in [0.4, 0.5) is 0 Å². The van der Waals surface area contributed by atoms with Crippen molar-refractivity contribution in [2.24, 2.45) is 16.7 Å². The minimum atomic E-state index is -0.256. The van der Waals surface area contributed by atoms with Gasteiger partial charge in [0.05, 0.1) is 26.6 Å².